The third-order valence-electron chi connectivity index (χ3n) is 2.43. The van der Waals surface area contributed by atoms with Gasteiger partial charge in [-0.05, 0) is 33.6 Å². The molecule has 0 saturated carbocycles. The Morgan fingerprint density at radius 3 is 2.89 bits per heavy atom. The summed E-state index contributed by atoms with van der Waals surface area (Å²) >= 11 is 3.06. The highest BCUT2D eigenvalue weighted by atomic mass is 79.9. The summed E-state index contributed by atoms with van der Waals surface area (Å²) in [6.07, 6.45) is 1.58. The number of carbonyl (C=O) groups excluding carboxylic acids is 1. The number of hydrogen-bond donors (Lipinski definition) is 2. The van der Waals surface area contributed by atoms with Gasteiger partial charge in [0.05, 0.1) is 11.1 Å². The quantitative estimate of drug-likeness (QED) is 0.786. The molecule has 104 valence electrons. The smallest absolute Gasteiger partial charge is 0.318 e. The third kappa shape index (κ3) is 5.00. The Hall–Kier alpha value is -1.40. The van der Waals surface area contributed by atoms with Gasteiger partial charge in [0.15, 0.2) is 0 Å². The molecule has 0 aromatic heterocycles. The van der Waals surface area contributed by atoms with Gasteiger partial charge in [0.1, 0.15) is 5.82 Å². The van der Waals surface area contributed by atoms with Gasteiger partial charge in [-0.15, -0.1) is 6.58 Å². The van der Waals surface area contributed by atoms with Crippen molar-refractivity contribution in [3.05, 3.63) is 46.7 Å². The molecule has 2 N–H and O–H groups in total. The lowest BCUT2D eigenvalue weighted by Crippen LogP contribution is -2.41. The Kier molecular flexibility index (Phi) is 6.52. The fraction of sp³-hybridized carbons (Fsp3) is 0.308. The number of aliphatic hydroxyl groups is 1. The molecule has 0 saturated heterocycles. The van der Waals surface area contributed by atoms with Crippen molar-refractivity contribution in [2.24, 2.45) is 0 Å². The average Bonchev–Trinajstić information content (AvgIpc) is 2.39. The zero-order chi connectivity index (χ0) is 14.3. The van der Waals surface area contributed by atoms with E-state index >= 15 is 0 Å². The first-order valence-electron chi connectivity index (χ1n) is 5.77. The minimum atomic E-state index is -0.370. The van der Waals surface area contributed by atoms with E-state index in [1.165, 1.54) is 11.0 Å². The lowest BCUT2D eigenvalue weighted by Gasteiger charge is -2.20. The van der Waals surface area contributed by atoms with E-state index in [0.29, 0.717) is 16.6 Å². The van der Waals surface area contributed by atoms with E-state index in [9.17, 15) is 9.18 Å². The maximum Gasteiger partial charge on any atom is 0.318 e. The number of nitrogens with zero attached hydrogens (tertiary/aromatic N) is 1. The number of benzene rings is 1. The van der Waals surface area contributed by atoms with Crippen LogP contribution in [0, 0.1) is 5.82 Å². The summed E-state index contributed by atoms with van der Waals surface area (Å²) in [4.78, 5) is 13.2. The highest BCUT2D eigenvalue weighted by molar-refractivity contribution is 9.10. The van der Waals surface area contributed by atoms with E-state index in [0.717, 1.165) is 0 Å². The first-order valence-corrected chi connectivity index (χ1v) is 6.56. The molecule has 0 aliphatic heterocycles. The molecule has 1 aromatic rings. The van der Waals surface area contributed by atoms with Crippen molar-refractivity contribution in [1.29, 1.82) is 0 Å². The molecule has 0 bridgehead atoms. The second kappa shape index (κ2) is 7.91. The van der Waals surface area contributed by atoms with E-state index in [4.69, 9.17) is 5.11 Å². The van der Waals surface area contributed by atoms with Crippen LogP contribution in [-0.4, -0.2) is 35.7 Å². The van der Waals surface area contributed by atoms with Crippen LogP contribution in [0.3, 0.4) is 0 Å². The summed E-state index contributed by atoms with van der Waals surface area (Å²) < 4.78 is 13.7. The summed E-state index contributed by atoms with van der Waals surface area (Å²) in [5, 5.41) is 11.5. The largest absolute Gasteiger partial charge is 0.395 e. The van der Waals surface area contributed by atoms with Gasteiger partial charge in [0.2, 0.25) is 0 Å². The van der Waals surface area contributed by atoms with Gasteiger partial charge in [-0.3, -0.25) is 0 Å². The summed E-state index contributed by atoms with van der Waals surface area (Å²) in [6.45, 7) is 4.23. The zero-order valence-corrected chi connectivity index (χ0v) is 12.0. The second-order valence-electron chi connectivity index (χ2n) is 3.87. The van der Waals surface area contributed by atoms with Crippen LogP contribution in [0.15, 0.2) is 35.3 Å². The van der Waals surface area contributed by atoms with E-state index in [1.807, 2.05) is 0 Å². The number of aliphatic hydroxyl groups excluding tert-OH is 1. The Morgan fingerprint density at radius 2 is 2.32 bits per heavy atom. The van der Waals surface area contributed by atoms with Crippen LogP contribution in [0.5, 0.6) is 0 Å². The highest BCUT2D eigenvalue weighted by Crippen LogP contribution is 2.16. The van der Waals surface area contributed by atoms with Gasteiger partial charge >= 0.3 is 6.03 Å². The maximum absolute atomic E-state index is 13.3. The number of nitrogens with one attached hydrogen (secondary N) is 1. The topological polar surface area (TPSA) is 52.6 Å². The first-order chi connectivity index (χ1) is 9.08. The number of carbonyl (C=O) groups is 1. The molecule has 1 rings (SSSR count). The first kappa shape index (κ1) is 15.7. The van der Waals surface area contributed by atoms with Crippen LogP contribution in [0.2, 0.25) is 0 Å². The second-order valence-corrected chi connectivity index (χ2v) is 4.72. The molecule has 0 spiro atoms. The van der Waals surface area contributed by atoms with Crippen molar-refractivity contribution in [3.8, 4) is 0 Å². The average molecular weight is 331 g/mol. The minimum Gasteiger partial charge on any atom is -0.395 e. The predicted octanol–water partition coefficient (Wildman–Crippen LogP) is 2.28. The van der Waals surface area contributed by atoms with Crippen LogP contribution in [-0.2, 0) is 6.54 Å². The Bertz CT molecular complexity index is 454. The summed E-state index contributed by atoms with van der Waals surface area (Å²) in [6, 6.07) is 4.34. The molecule has 0 heterocycles. The predicted molar refractivity (Wildman–Crippen MR) is 75.2 cm³/mol. The lowest BCUT2D eigenvalue weighted by molar-refractivity contribution is 0.183. The molecule has 0 aliphatic rings. The summed E-state index contributed by atoms with van der Waals surface area (Å²) in [7, 11) is 0. The number of hydrogen-bond acceptors (Lipinski definition) is 2. The fourth-order valence-corrected chi connectivity index (χ4v) is 1.74. The molecule has 1 aromatic carbocycles. The summed E-state index contributed by atoms with van der Waals surface area (Å²) in [5.41, 5.74) is 0.664. The van der Waals surface area contributed by atoms with Gasteiger partial charge in [-0.2, -0.15) is 0 Å². The molecule has 6 heteroatoms. The lowest BCUT2D eigenvalue weighted by atomic mass is 10.2. The third-order valence-corrected chi connectivity index (χ3v) is 3.08. The van der Waals surface area contributed by atoms with Crippen molar-refractivity contribution in [1.82, 2.24) is 10.2 Å². The number of amides is 2. The highest BCUT2D eigenvalue weighted by Gasteiger charge is 2.11. The number of rotatable bonds is 6. The molecular weight excluding hydrogens is 315 g/mol. The number of urea groups is 1. The van der Waals surface area contributed by atoms with Gasteiger partial charge in [-0.25, -0.2) is 9.18 Å². The van der Waals surface area contributed by atoms with E-state index < -0.39 is 0 Å². The Morgan fingerprint density at radius 1 is 1.58 bits per heavy atom. The molecule has 2 amide bonds. The zero-order valence-electron chi connectivity index (χ0n) is 10.4. The van der Waals surface area contributed by atoms with Crippen LogP contribution >= 0.6 is 15.9 Å². The molecule has 4 nitrogen and oxygen atoms in total. The van der Waals surface area contributed by atoms with Crippen molar-refractivity contribution >= 4 is 22.0 Å². The van der Waals surface area contributed by atoms with Gasteiger partial charge in [0, 0.05) is 19.6 Å². The number of halogens is 2. The van der Waals surface area contributed by atoms with Crippen LogP contribution in [0.25, 0.3) is 0 Å². The van der Waals surface area contributed by atoms with Gasteiger partial charge in [0.25, 0.3) is 0 Å². The molecule has 0 fully saturated rings. The molecule has 0 radical (unpaired) electrons. The summed E-state index contributed by atoms with van der Waals surface area (Å²) in [5.74, 6) is -0.370. The standard InChI is InChI=1S/C13H16BrFN2O2/c1-2-5-17(6-7-18)13(19)16-9-10-3-4-11(14)12(15)8-10/h2-4,8,18H,1,5-7,9H2,(H,16,19). The molecular formula is C13H16BrFN2O2. The Balaban J connectivity index is 2.56. The minimum absolute atomic E-state index is 0.117. The maximum atomic E-state index is 13.3. The van der Waals surface area contributed by atoms with E-state index in [1.54, 1.807) is 18.2 Å². The Labute approximate surface area is 120 Å². The SMILES string of the molecule is C=CCN(CCO)C(=O)NCc1ccc(Br)c(F)c1. The van der Waals surface area contributed by atoms with Crippen molar-refractivity contribution in [2.45, 2.75) is 6.54 Å². The molecule has 0 unspecified atom stereocenters. The molecule has 0 aliphatic carbocycles. The van der Waals surface area contributed by atoms with Gasteiger partial charge in [-0.1, -0.05) is 12.1 Å². The van der Waals surface area contributed by atoms with Crippen LogP contribution < -0.4 is 5.32 Å². The van der Waals surface area contributed by atoms with Crippen LogP contribution in [0.1, 0.15) is 5.56 Å². The van der Waals surface area contributed by atoms with Gasteiger partial charge < -0.3 is 15.3 Å². The van der Waals surface area contributed by atoms with Crippen LogP contribution in [0.4, 0.5) is 9.18 Å². The molecule has 0 atom stereocenters. The normalized spacial score (nSPS) is 10.1. The monoisotopic (exact) mass is 330 g/mol. The van der Waals surface area contributed by atoms with Crippen molar-refractivity contribution in [2.75, 3.05) is 19.7 Å². The van der Waals surface area contributed by atoms with E-state index in [-0.39, 0.29) is 31.5 Å². The molecule has 19 heavy (non-hydrogen) atoms. The van der Waals surface area contributed by atoms with Crippen molar-refractivity contribution in [3.63, 3.8) is 0 Å². The fourth-order valence-electron chi connectivity index (χ4n) is 1.49. The van der Waals surface area contributed by atoms with Crippen molar-refractivity contribution < 1.29 is 14.3 Å². The van der Waals surface area contributed by atoms with E-state index in [2.05, 4.69) is 27.8 Å².